The first-order valence-corrected chi connectivity index (χ1v) is 8.90. The molecule has 0 saturated heterocycles. The van der Waals surface area contributed by atoms with Gasteiger partial charge in [0.2, 0.25) is 0 Å². The molecule has 134 valence electrons. The highest BCUT2D eigenvalue weighted by Gasteiger charge is 2.34. The SMILES string of the molecule is CCOC(=O)c1c(NC(=O)NCCCN)sc2c1CC(C)(C)OC2. The van der Waals surface area contributed by atoms with Crippen molar-refractivity contribution in [2.75, 3.05) is 25.0 Å². The number of rotatable bonds is 6. The van der Waals surface area contributed by atoms with Crippen molar-refractivity contribution >= 4 is 28.3 Å². The maximum absolute atomic E-state index is 12.4. The summed E-state index contributed by atoms with van der Waals surface area (Å²) in [6.07, 6.45) is 1.30. The van der Waals surface area contributed by atoms with Crippen molar-refractivity contribution < 1.29 is 19.1 Å². The number of ether oxygens (including phenoxy) is 2. The molecule has 0 unspecified atom stereocenters. The third-order valence-electron chi connectivity index (χ3n) is 3.66. The van der Waals surface area contributed by atoms with E-state index in [1.54, 1.807) is 6.92 Å². The second kappa shape index (κ2) is 7.96. The molecule has 1 aliphatic heterocycles. The molecule has 24 heavy (non-hydrogen) atoms. The average Bonchev–Trinajstić information content (AvgIpc) is 2.83. The summed E-state index contributed by atoms with van der Waals surface area (Å²) < 4.78 is 11.0. The largest absolute Gasteiger partial charge is 0.462 e. The molecule has 1 aromatic rings. The van der Waals surface area contributed by atoms with Crippen molar-refractivity contribution in [1.29, 1.82) is 0 Å². The number of urea groups is 1. The Morgan fingerprint density at radius 1 is 1.42 bits per heavy atom. The Kier molecular flexibility index (Phi) is 6.20. The number of amides is 2. The van der Waals surface area contributed by atoms with Crippen LogP contribution < -0.4 is 16.4 Å². The van der Waals surface area contributed by atoms with Gasteiger partial charge in [0.25, 0.3) is 0 Å². The van der Waals surface area contributed by atoms with Crippen molar-refractivity contribution in [2.45, 2.75) is 45.8 Å². The molecule has 0 fully saturated rings. The summed E-state index contributed by atoms with van der Waals surface area (Å²) in [6, 6.07) is -0.354. The Balaban J connectivity index is 2.25. The van der Waals surface area contributed by atoms with Crippen LogP contribution in [0.2, 0.25) is 0 Å². The van der Waals surface area contributed by atoms with Gasteiger partial charge in [-0.25, -0.2) is 9.59 Å². The highest BCUT2D eigenvalue weighted by atomic mass is 32.1. The monoisotopic (exact) mass is 355 g/mol. The molecule has 0 aliphatic carbocycles. The standard InChI is InChI=1S/C16H25N3O4S/c1-4-22-14(20)12-10-8-16(2,3)23-9-11(10)24-13(12)19-15(21)18-7-5-6-17/h4-9,17H2,1-3H3,(H2,18,19,21). The van der Waals surface area contributed by atoms with Gasteiger partial charge in [0, 0.05) is 17.8 Å². The van der Waals surface area contributed by atoms with E-state index in [0.29, 0.717) is 43.1 Å². The molecular weight excluding hydrogens is 330 g/mol. The zero-order valence-electron chi connectivity index (χ0n) is 14.4. The first-order valence-electron chi connectivity index (χ1n) is 8.08. The van der Waals surface area contributed by atoms with Gasteiger partial charge in [-0.1, -0.05) is 0 Å². The van der Waals surface area contributed by atoms with Crippen LogP contribution in [0, 0.1) is 0 Å². The molecule has 0 aromatic carbocycles. The molecule has 2 amide bonds. The predicted octanol–water partition coefficient (Wildman–Crippen LogP) is 2.25. The fourth-order valence-electron chi connectivity index (χ4n) is 2.51. The van der Waals surface area contributed by atoms with E-state index >= 15 is 0 Å². The number of hydrogen-bond donors (Lipinski definition) is 3. The van der Waals surface area contributed by atoms with Crippen LogP contribution >= 0.6 is 11.3 Å². The molecular formula is C16H25N3O4S. The molecule has 0 radical (unpaired) electrons. The smallest absolute Gasteiger partial charge is 0.341 e. The average molecular weight is 355 g/mol. The molecule has 0 spiro atoms. The van der Waals surface area contributed by atoms with Gasteiger partial charge in [-0.05, 0) is 39.3 Å². The summed E-state index contributed by atoms with van der Waals surface area (Å²) >= 11 is 1.36. The molecule has 1 aliphatic rings. The van der Waals surface area contributed by atoms with E-state index in [1.807, 2.05) is 13.8 Å². The Labute approximate surface area is 145 Å². The third-order valence-corrected chi connectivity index (χ3v) is 4.78. The molecule has 4 N–H and O–H groups in total. The minimum absolute atomic E-state index is 0.283. The van der Waals surface area contributed by atoms with E-state index in [9.17, 15) is 9.59 Å². The molecule has 0 saturated carbocycles. The van der Waals surface area contributed by atoms with E-state index in [-0.39, 0.29) is 18.2 Å². The van der Waals surface area contributed by atoms with E-state index in [2.05, 4.69) is 10.6 Å². The molecule has 0 bridgehead atoms. The van der Waals surface area contributed by atoms with Crippen molar-refractivity contribution in [3.05, 3.63) is 16.0 Å². The van der Waals surface area contributed by atoms with Crippen LogP contribution in [-0.2, 0) is 22.5 Å². The highest BCUT2D eigenvalue weighted by Crippen LogP contribution is 2.40. The van der Waals surface area contributed by atoms with Crippen LogP contribution in [-0.4, -0.2) is 37.3 Å². The number of nitrogens with two attached hydrogens (primary N) is 1. The maximum Gasteiger partial charge on any atom is 0.341 e. The van der Waals surface area contributed by atoms with Gasteiger partial charge < -0.3 is 20.5 Å². The fraction of sp³-hybridized carbons (Fsp3) is 0.625. The van der Waals surface area contributed by atoms with Gasteiger partial charge >= 0.3 is 12.0 Å². The number of carbonyl (C=O) groups excluding carboxylic acids is 2. The lowest BCUT2D eigenvalue weighted by Crippen LogP contribution is -2.32. The number of hydrogen-bond acceptors (Lipinski definition) is 6. The number of thiophene rings is 1. The summed E-state index contributed by atoms with van der Waals surface area (Å²) in [6.45, 7) is 7.43. The van der Waals surface area contributed by atoms with Crippen molar-refractivity contribution in [2.24, 2.45) is 5.73 Å². The summed E-state index contributed by atoms with van der Waals surface area (Å²) in [5.74, 6) is -0.412. The molecule has 8 heteroatoms. The Morgan fingerprint density at radius 3 is 2.83 bits per heavy atom. The van der Waals surface area contributed by atoms with Gasteiger partial charge in [-0.15, -0.1) is 11.3 Å². The maximum atomic E-state index is 12.4. The van der Waals surface area contributed by atoms with E-state index in [4.69, 9.17) is 15.2 Å². The number of carbonyl (C=O) groups is 2. The number of anilines is 1. The second-order valence-corrected chi connectivity index (χ2v) is 7.28. The van der Waals surface area contributed by atoms with Crippen LogP contribution in [0.1, 0.15) is 48.0 Å². The van der Waals surface area contributed by atoms with Gasteiger partial charge in [0.1, 0.15) is 5.00 Å². The fourth-order valence-corrected chi connectivity index (χ4v) is 3.63. The van der Waals surface area contributed by atoms with Gasteiger partial charge in [0.05, 0.1) is 24.4 Å². The lowest BCUT2D eigenvalue weighted by molar-refractivity contribution is -0.0384. The summed E-state index contributed by atoms with van der Waals surface area (Å²) in [5, 5.41) is 5.99. The first-order chi connectivity index (χ1) is 11.4. The topological polar surface area (TPSA) is 103 Å². The zero-order chi connectivity index (χ0) is 17.7. The molecule has 0 atom stereocenters. The number of nitrogens with one attached hydrogen (secondary N) is 2. The van der Waals surface area contributed by atoms with Crippen molar-refractivity contribution in [1.82, 2.24) is 5.32 Å². The lowest BCUT2D eigenvalue weighted by Gasteiger charge is -2.30. The van der Waals surface area contributed by atoms with Crippen LogP contribution in [0.15, 0.2) is 0 Å². The second-order valence-electron chi connectivity index (χ2n) is 6.18. The van der Waals surface area contributed by atoms with Gasteiger partial charge in [0.15, 0.2) is 0 Å². The summed E-state index contributed by atoms with van der Waals surface area (Å²) in [7, 11) is 0. The van der Waals surface area contributed by atoms with Gasteiger partial charge in [-0.3, -0.25) is 5.32 Å². The Morgan fingerprint density at radius 2 is 2.17 bits per heavy atom. The van der Waals surface area contributed by atoms with Crippen LogP contribution in [0.5, 0.6) is 0 Å². The zero-order valence-corrected chi connectivity index (χ0v) is 15.2. The van der Waals surface area contributed by atoms with E-state index in [1.165, 1.54) is 11.3 Å². The van der Waals surface area contributed by atoms with Crippen molar-refractivity contribution in [3.63, 3.8) is 0 Å². The predicted molar refractivity (Wildman–Crippen MR) is 93.5 cm³/mol. The molecule has 7 nitrogen and oxygen atoms in total. The quantitative estimate of drug-likeness (QED) is 0.536. The molecule has 2 rings (SSSR count). The Bertz CT molecular complexity index is 613. The van der Waals surface area contributed by atoms with Crippen molar-refractivity contribution in [3.8, 4) is 0 Å². The number of esters is 1. The minimum Gasteiger partial charge on any atom is -0.462 e. The minimum atomic E-state index is -0.412. The van der Waals surface area contributed by atoms with E-state index in [0.717, 1.165) is 10.4 Å². The Hall–Kier alpha value is -1.64. The summed E-state index contributed by atoms with van der Waals surface area (Å²) in [5.41, 5.74) is 6.42. The summed E-state index contributed by atoms with van der Waals surface area (Å²) in [4.78, 5) is 25.4. The van der Waals surface area contributed by atoms with E-state index < -0.39 is 5.97 Å². The molecule has 1 aromatic heterocycles. The first kappa shape index (κ1) is 18.7. The van der Waals surface area contributed by atoms with Crippen LogP contribution in [0.25, 0.3) is 0 Å². The lowest BCUT2D eigenvalue weighted by atomic mass is 9.93. The highest BCUT2D eigenvalue weighted by molar-refractivity contribution is 7.17. The van der Waals surface area contributed by atoms with Crippen LogP contribution in [0.4, 0.5) is 9.80 Å². The molecule has 2 heterocycles. The van der Waals surface area contributed by atoms with Gasteiger partial charge in [-0.2, -0.15) is 0 Å². The normalized spacial score (nSPS) is 15.5. The van der Waals surface area contributed by atoms with Crippen LogP contribution in [0.3, 0.4) is 0 Å². The number of fused-ring (bicyclic) bond motifs is 1. The third kappa shape index (κ3) is 4.46.